The van der Waals surface area contributed by atoms with E-state index < -0.39 is 11.8 Å². The fraction of sp³-hybridized carbons (Fsp3) is 0.167. The van der Waals surface area contributed by atoms with Crippen molar-refractivity contribution < 1.29 is 14.0 Å². The lowest BCUT2D eigenvalue weighted by Crippen LogP contribution is -2.51. The minimum atomic E-state index is -0.605. The number of amides is 2. The molecule has 0 bridgehead atoms. The van der Waals surface area contributed by atoms with Gasteiger partial charge in [0.25, 0.3) is 0 Å². The van der Waals surface area contributed by atoms with Gasteiger partial charge < -0.3 is 15.1 Å². The third kappa shape index (κ3) is 1.56. The number of furan rings is 1. The van der Waals surface area contributed by atoms with Gasteiger partial charge in [-0.2, -0.15) is 0 Å². The van der Waals surface area contributed by atoms with Crippen molar-refractivity contribution >= 4 is 22.8 Å². The van der Waals surface area contributed by atoms with E-state index in [1.807, 2.05) is 24.3 Å². The van der Waals surface area contributed by atoms with Gasteiger partial charge in [0.2, 0.25) is 0 Å². The van der Waals surface area contributed by atoms with Gasteiger partial charge in [-0.15, -0.1) is 0 Å². The van der Waals surface area contributed by atoms with E-state index in [1.165, 1.54) is 0 Å². The minimum Gasteiger partial charge on any atom is -0.464 e. The van der Waals surface area contributed by atoms with Crippen LogP contribution in [0.1, 0.15) is 11.6 Å². The molecule has 5 heteroatoms. The number of nitrogens with one attached hydrogen (secondary N) is 2. The van der Waals surface area contributed by atoms with Gasteiger partial charge in [0.15, 0.2) is 0 Å². The molecule has 1 fully saturated rings. The van der Waals surface area contributed by atoms with Gasteiger partial charge in [-0.1, -0.05) is 18.2 Å². The molecule has 2 aromatic rings. The van der Waals surface area contributed by atoms with Gasteiger partial charge in [0.1, 0.15) is 5.58 Å². The highest BCUT2D eigenvalue weighted by Gasteiger charge is 2.27. The summed E-state index contributed by atoms with van der Waals surface area (Å²) in [7, 11) is 0. The summed E-state index contributed by atoms with van der Waals surface area (Å²) < 4.78 is 5.40. The molecule has 0 aliphatic carbocycles. The second-order valence-electron chi connectivity index (χ2n) is 3.92. The van der Waals surface area contributed by atoms with Gasteiger partial charge in [-0.25, -0.2) is 0 Å². The van der Waals surface area contributed by atoms with Crippen LogP contribution in [0.5, 0.6) is 0 Å². The van der Waals surface area contributed by atoms with Crippen LogP contribution in [0.2, 0.25) is 0 Å². The molecule has 2 heterocycles. The van der Waals surface area contributed by atoms with Crippen LogP contribution >= 0.6 is 0 Å². The zero-order chi connectivity index (χ0) is 11.8. The van der Waals surface area contributed by atoms with E-state index in [0.29, 0.717) is 6.54 Å². The lowest BCUT2D eigenvalue weighted by Gasteiger charge is -2.22. The molecule has 0 saturated carbocycles. The summed E-state index contributed by atoms with van der Waals surface area (Å²) in [4.78, 5) is 22.3. The summed E-state index contributed by atoms with van der Waals surface area (Å²) in [6.07, 6.45) is 1.62. The van der Waals surface area contributed by atoms with Crippen LogP contribution < -0.4 is 10.6 Å². The maximum Gasteiger partial charge on any atom is 0.309 e. The molecule has 1 aromatic carbocycles. The molecule has 5 nitrogen and oxygen atoms in total. The van der Waals surface area contributed by atoms with Crippen LogP contribution in [-0.4, -0.2) is 18.4 Å². The second kappa shape index (κ2) is 3.62. The van der Waals surface area contributed by atoms with Crippen molar-refractivity contribution in [2.45, 2.75) is 6.04 Å². The summed E-state index contributed by atoms with van der Waals surface area (Å²) in [6, 6.07) is 7.35. The summed E-state index contributed by atoms with van der Waals surface area (Å²) in [6.45, 7) is 0.383. The minimum absolute atomic E-state index is 0.233. The molecule has 1 atom stereocenters. The van der Waals surface area contributed by atoms with Gasteiger partial charge in [-0.3, -0.25) is 9.59 Å². The molecule has 1 unspecified atom stereocenters. The van der Waals surface area contributed by atoms with Crippen LogP contribution in [0.25, 0.3) is 11.0 Å². The Morgan fingerprint density at radius 3 is 2.82 bits per heavy atom. The average Bonchev–Trinajstić information content (AvgIpc) is 2.76. The van der Waals surface area contributed by atoms with Crippen LogP contribution in [0, 0.1) is 0 Å². The largest absolute Gasteiger partial charge is 0.464 e. The number of piperazine rings is 1. The molecule has 1 aliphatic heterocycles. The maximum atomic E-state index is 11.3. The Labute approximate surface area is 96.8 Å². The van der Waals surface area contributed by atoms with Gasteiger partial charge in [-0.05, 0) is 6.07 Å². The number of benzene rings is 1. The quantitative estimate of drug-likeness (QED) is 0.709. The predicted molar refractivity (Wildman–Crippen MR) is 60.1 cm³/mol. The summed E-state index contributed by atoms with van der Waals surface area (Å²) in [5.74, 6) is -1.19. The third-order valence-electron chi connectivity index (χ3n) is 2.86. The van der Waals surface area contributed by atoms with E-state index in [0.717, 1.165) is 16.5 Å². The number of hydrogen-bond donors (Lipinski definition) is 2. The van der Waals surface area contributed by atoms with Crippen molar-refractivity contribution in [2.75, 3.05) is 6.54 Å². The molecular weight excluding hydrogens is 220 g/mol. The monoisotopic (exact) mass is 230 g/mol. The van der Waals surface area contributed by atoms with E-state index in [4.69, 9.17) is 4.42 Å². The highest BCUT2D eigenvalue weighted by molar-refractivity contribution is 6.35. The van der Waals surface area contributed by atoms with Gasteiger partial charge >= 0.3 is 11.8 Å². The lowest BCUT2D eigenvalue weighted by atomic mass is 10.0. The van der Waals surface area contributed by atoms with Crippen molar-refractivity contribution in [3.8, 4) is 0 Å². The molecule has 0 spiro atoms. The zero-order valence-corrected chi connectivity index (χ0v) is 8.90. The first-order valence-corrected chi connectivity index (χ1v) is 5.30. The maximum absolute atomic E-state index is 11.3. The van der Waals surface area contributed by atoms with Crippen LogP contribution in [0.15, 0.2) is 34.9 Å². The van der Waals surface area contributed by atoms with E-state index in [-0.39, 0.29) is 6.04 Å². The van der Waals surface area contributed by atoms with Crippen LogP contribution in [0.3, 0.4) is 0 Å². The molecule has 86 valence electrons. The van der Waals surface area contributed by atoms with Crippen molar-refractivity contribution in [3.05, 3.63) is 36.1 Å². The topological polar surface area (TPSA) is 71.3 Å². The van der Waals surface area contributed by atoms with Crippen molar-refractivity contribution in [1.82, 2.24) is 10.6 Å². The number of fused-ring (bicyclic) bond motifs is 1. The zero-order valence-electron chi connectivity index (χ0n) is 8.90. The Bertz CT molecular complexity index is 603. The Hall–Kier alpha value is -2.30. The fourth-order valence-corrected chi connectivity index (χ4v) is 2.01. The van der Waals surface area contributed by atoms with E-state index in [2.05, 4.69) is 10.6 Å². The van der Waals surface area contributed by atoms with Crippen LogP contribution in [-0.2, 0) is 9.59 Å². The van der Waals surface area contributed by atoms with Crippen molar-refractivity contribution in [2.24, 2.45) is 0 Å². The third-order valence-corrected chi connectivity index (χ3v) is 2.86. The normalized spacial score (nSPS) is 20.1. The molecule has 1 aromatic heterocycles. The summed E-state index contributed by atoms with van der Waals surface area (Å²) in [5, 5.41) is 6.14. The SMILES string of the molecule is O=C1NCC(c2coc3ccccc23)NC1=O. The number of carbonyl (C=O) groups excluding carboxylic acids is 2. The molecule has 1 aliphatic rings. The van der Waals surface area contributed by atoms with Crippen molar-refractivity contribution in [3.63, 3.8) is 0 Å². The molecule has 17 heavy (non-hydrogen) atoms. The summed E-state index contributed by atoms with van der Waals surface area (Å²) >= 11 is 0. The number of para-hydroxylation sites is 1. The molecule has 0 radical (unpaired) electrons. The first-order valence-electron chi connectivity index (χ1n) is 5.30. The van der Waals surface area contributed by atoms with Crippen LogP contribution in [0.4, 0.5) is 0 Å². The Morgan fingerprint density at radius 1 is 1.18 bits per heavy atom. The smallest absolute Gasteiger partial charge is 0.309 e. The number of carbonyl (C=O) groups is 2. The first kappa shape index (κ1) is 9.89. The lowest BCUT2D eigenvalue weighted by molar-refractivity contribution is -0.141. The molecular formula is C12H10N2O3. The first-order chi connectivity index (χ1) is 8.25. The highest BCUT2D eigenvalue weighted by atomic mass is 16.3. The van der Waals surface area contributed by atoms with E-state index in [9.17, 15) is 9.59 Å². The molecule has 2 N–H and O–H groups in total. The Balaban J connectivity index is 1.99. The van der Waals surface area contributed by atoms with Gasteiger partial charge in [0.05, 0.1) is 12.3 Å². The number of rotatable bonds is 1. The van der Waals surface area contributed by atoms with Crippen molar-refractivity contribution in [1.29, 1.82) is 0 Å². The molecule has 3 rings (SSSR count). The van der Waals surface area contributed by atoms with Gasteiger partial charge in [0, 0.05) is 17.5 Å². The van der Waals surface area contributed by atoms with E-state index >= 15 is 0 Å². The fourth-order valence-electron chi connectivity index (χ4n) is 2.01. The predicted octanol–water partition coefficient (Wildman–Crippen LogP) is 0.720. The second-order valence-corrected chi connectivity index (χ2v) is 3.92. The highest BCUT2D eigenvalue weighted by Crippen LogP contribution is 2.26. The standard InChI is InChI=1S/C12H10N2O3/c15-11-12(16)14-9(5-13-11)8-6-17-10-4-2-1-3-7(8)10/h1-4,6,9H,5H2,(H,13,15)(H,14,16). The Kier molecular flexibility index (Phi) is 2.11. The molecule has 1 saturated heterocycles. The Morgan fingerprint density at radius 2 is 2.00 bits per heavy atom. The number of hydrogen-bond acceptors (Lipinski definition) is 3. The average molecular weight is 230 g/mol. The summed E-state index contributed by atoms with van der Waals surface area (Å²) in [5.41, 5.74) is 1.66. The molecule has 2 amide bonds. The van der Waals surface area contributed by atoms with E-state index in [1.54, 1.807) is 6.26 Å².